The van der Waals surface area contributed by atoms with Gasteiger partial charge in [0.1, 0.15) is 5.54 Å². The Hall–Kier alpha value is -1.16. The number of carbonyl (C=O) groups is 1. The van der Waals surface area contributed by atoms with Gasteiger partial charge in [0.25, 0.3) is 0 Å². The summed E-state index contributed by atoms with van der Waals surface area (Å²) in [6, 6.07) is 2.28. The predicted octanol–water partition coefficient (Wildman–Crippen LogP) is 0.00578. The van der Waals surface area contributed by atoms with E-state index >= 15 is 0 Å². The molecule has 6 nitrogen and oxygen atoms in total. The zero-order valence-corrected chi connectivity index (χ0v) is 12.0. The number of nitriles is 1. The van der Waals surface area contributed by atoms with E-state index in [0.29, 0.717) is 25.9 Å². The van der Waals surface area contributed by atoms with Crippen molar-refractivity contribution in [2.75, 3.05) is 32.8 Å². The van der Waals surface area contributed by atoms with E-state index in [-0.39, 0.29) is 25.7 Å². The molecular formula is C14H25N3O3. The van der Waals surface area contributed by atoms with Crippen LogP contribution >= 0.6 is 0 Å². The van der Waals surface area contributed by atoms with Gasteiger partial charge in [0.05, 0.1) is 25.8 Å². The van der Waals surface area contributed by atoms with E-state index in [1.54, 1.807) is 4.90 Å². The van der Waals surface area contributed by atoms with Gasteiger partial charge in [-0.25, -0.2) is 0 Å². The van der Waals surface area contributed by atoms with E-state index in [1.165, 1.54) is 0 Å². The molecular weight excluding hydrogens is 258 g/mol. The third-order valence-corrected chi connectivity index (χ3v) is 3.75. The molecule has 6 heteroatoms. The summed E-state index contributed by atoms with van der Waals surface area (Å²) in [5.74, 6) is -0.213. The fourth-order valence-electron chi connectivity index (χ4n) is 2.66. The van der Waals surface area contributed by atoms with Crippen LogP contribution < -0.4 is 5.32 Å². The minimum Gasteiger partial charge on any atom is -0.395 e. The number of hydrogen-bond donors (Lipinski definition) is 3. The minimum absolute atomic E-state index is 0.0589. The molecule has 0 atom stereocenters. The molecule has 1 aliphatic carbocycles. The zero-order valence-electron chi connectivity index (χ0n) is 12.0. The van der Waals surface area contributed by atoms with Crippen LogP contribution in [0.4, 0.5) is 0 Å². The zero-order chi connectivity index (χ0) is 14.8. The molecule has 0 aliphatic heterocycles. The van der Waals surface area contributed by atoms with E-state index in [2.05, 4.69) is 11.4 Å². The van der Waals surface area contributed by atoms with Crippen LogP contribution in [0.5, 0.6) is 0 Å². The molecule has 114 valence electrons. The highest BCUT2D eigenvalue weighted by molar-refractivity contribution is 5.79. The highest BCUT2D eigenvalue weighted by atomic mass is 16.3. The van der Waals surface area contributed by atoms with Gasteiger partial charge in [0.2, 0.25) is 5.91 Å². The number of carbonyl (C=O) groups excluding carboxylic acids is 1. The molecule has 0 heterocycles. The van der Waals surface area contributed by atoms with Crippen LogP contribution in [0.2, 0.25) is 0 Å². The molecule has 20 heavy (non-hydrogen) atoms. The van der Waals surface area contributed by atoms with Gasteiger partial charge >= 0.3 is 0 Å². The molecule has 0 radical (unpaired) electrons. The van der Waals surface area contributed by atoms with E-state index in [9.17, 15) is 10.1 Å². The van der Waals surface area contributed by atoms with Crippen molar-refractivity contribution in [3.05, 3.63) is 0 Å². The van der Waals surface area contributed by atoms with Crippen molar-refractivity contribution in [1.29, 1.82) is 5.26 Å². The average molecular weight is 283 g/mol. The average Bonchev–Trinajstić information content (AvgIpc) is 2.65. The van der Waals surface area contributed by atoms with Gasteiger partial charge in [-0.2, -0.15) is 5.26 Å². The number of rotatable bonds is 7. The maximum absolute atomic E-state index is 12.1. The predicted molar refractivity (Wildman–Crippen MR) is 74.8 cm³/mol. The Kier molecular flexibility index (Phi) is 7.52. The second-order valence-electron chi connectivity index (χ2n) is 5.38. The molecule has 0 unspecified atom stereocenters. The first kappa shape index (κ1) is 16.9. The number of aliphatic hydroxyl groups is 2. The second-order valence-corrected chi connectivity index (χ2v) is 5.38. The molecule has 1 amide bonds. The lowest BCUT2D eigenvalue weighted by Gasteiger charge is -2.28. The normalized spacial score (nSPS) is 18.3. The van der Waals surface area contributed by atoms with Crippen molar-refractivity contribution in [2.45, 2.75) is 44.1 Å². The Labute approximate surface area is 120 Å². The first-order chi connectivity index (χ1) is 9.65. The van der Waals surface area contributed by atoms with Crippen molar-refractivity contribution in [3.63, 3.8) is 0 Å². The number of hydrogen-bond acceptors (Lipinski definition) is 5. The van der Waals surface area contributed by atoms with Gasteiger partial charge in [-0.3, -0.25) is 9.69 Å². The summed E-state index contributed by atoms with van der Waals surface area (Å²) < 4.78 is 0. The van der Waals surface area contributed by atoms with Crippen LogP contribution in [-0.2, 0) is 4.79 Å². The fraction of sp³-hybridized carbons (Fsp3) is 0.857. The van der Waals surface area contributed by atoms with Gasteiger partial charge in [-0.15, -0.1) is 0 Å². The Bertz CT molecular complexity index is 327. The molecule has 0 aromatic carbocycles. The largest absolute Gasteiger partial charge is 0.395 e. The summed E-state index contributed by atoms with van der Waals surface area (Å²) in [6.07, 6.45) is 5.56. The van der Waals surface area contributed by atoms with Crippen molar-refractivity contribution in [1.82, 2.24) is 10.2 Å². The Balaban J connectivity index is 2.55. The third-order valence-electron chi connectivity index (χ3n) is 3.75. The SMILES string of the molecule is N#CC1(NC(=O)CN(CCO)CCO)CCCCCC1. The summed E-state index contributed by atoms with van der Waals surface area (Å²) >= 11 is 0. The van der Waals surface area contributed by atoms with Gasteiger partial charge < -0.3 is 15.5 Å². The van der Waals surface area contributed by atoms with E-state index in [4.69, 9.17) is 10.2 Å². The summed E-state index contributed by atoms with van der Waals surface area (Å²) in [7, 11) is 0. The molecule has 0 bridgehead atoms. The molecule has 0 saturated heterocycles. The standard InChI is InChI=1S/C14H25N3O3/c15-12-14(5-3-1-2-4-6-14)16-13(20)11-17(7-9-18)8-10-19/h18-19H,1-11H2,(H,16,20). The lowest BCUT2D eigenvalue weighted by molar-refractivity contribution is -0.124. The van der Waals surface area contributed by atoms with Crippen molar-refractivity contribution in [2.24, 2.45) is 0 Å². The van der Waals surface area contributed by atoms with Crippen molar-refractivity contribution >= 4 is 5.91 Å². The molecule has 3 N–H and O–H groups in total. The lowest BCUT2D eigenvalue weighted by Crippen LogP contribution is -2.51. The number of aliphatic hydroxyl groups excluding tert-OH is 2. The van der Waals surface area contributed by atoms with Gasteiger partial charge in [0, 0.05) is 13.1 Å². The minimum atomic E-state index is -0.738. The highest BCUT2D eigenvalue weighted by Crippen LogP contribution is 2.26. The van der Waals surface area contributed by atoms with Gasteiger partial charge in [-0.05, 0) is 12.8 Å². The third kappa shape index (κ3) is 5.45. The van der Waals surface area contributed by atoms with E-state index < -0.39 is 5.54 Å². The molecule has 1 saturated carbocycles. The van der Waals surface area contributed by atoms with Crippen LogP contribution in [-0.4, -0.2) is 59.4 Å². The maximum atomic E-state index is 12.1. The number of amides is 1. The first-order valence-corrected chi connectivity index (χ1v) is 7.32. The number of nitrogens with one attached hydrogen (secondary N) is 1. The topological polar surface area (TPSA) is 96.6 Å². The molecule has 0 aromatic heterocycles. The highest BCUT2D eigenvalue weighted by Gasteiger charge is 2.32. The van der Waals surface area contributed by atoms with Crippen LogP contribution in [0.25, 0.3) is 0 Å². The first-order valence-electron chi connectivity index (χ1n) is 7.32. The van der Waals surface area contributed by atoms with Crippen LogP contribution in [0, 0.1) is 11.3 Å². The number of nitrogens with zero attached hydrogens (tertiary/aromatic N) is 2. The molecule has 0 aromatic rings. The van der Waals surface area contributed by atoms with Crippen LogP contribution in [0.15, 0.2) is 0 Å². The maximum Gasteiger partial charge on any atom is 0.235 e. The molecule has 1 fully saturated rings. The smallest absolute Gasteiger partial charge is 0.235 e. The summed E-state index contributed by atoms with van der Waals surface area (Å²) in [5, 5.41) is 30.1. The van der Waals surface area contributed by atoms with Crippen molar-refractivity contribution in [3.8, 4) is 6.07 Å². The lowest BCUT2D eigenvalue weighted by atomic mass is 9.92. The Morgan fingerprint density at radius 2 is 1.70 bits per heavy atom. The fourth-order valence-corrected chi connectivity index (χ4v) is 2.66. The van der Waals surface area contributed by atoms with Crippen LogP contribution in [0.3, 0.4) is 0 Å². The summed E-state index contributed by atoms with van der Waals surface area (Å²) in [5.41, 5.74) is -0.738. The Morgan fingerprint density at radius 3 is 2.15 bits per heavy atom. The molecule has 1 rings (SSSR count). The van der Waals surface area contributed by atoms with Gasteiger partial charge in [-0.1, -0.05) is 25.7 Å². The van der Waals surface area contributed by atoms with Crippen molar-refractivity contribution < 1.29 is 15.0 Å². The van der Waals surface area contributed by atoms with E-state index in [0.717, 1.165) is 25.7 Å². The second kappa shape index (κ2) is 8.90. The summed E-state index contributed by atoms with van der Waals surface area (Å²) in [4.78, 5) is 13.8. The Morgan fingerprint density at radius 1 is 1.15 bits per heavy atom. The monoisotopic (exact) mass is 283 g/mol. The molecule has 0 spiro atoms. The summed E-state index contributed by atoms with van der Waals surface area (Å²) in [6.45, 7) is 0.666. The molecule has 1 aliphatic rings. The van der Waals surface area contributed by atoms with Gasteiger partial charge in [0.15, 0.2) is 0 Å². The van der Waals surface area contributed by atoms with Crippen LogP contribution in [0.1, 0.15) is 38.5 Å². The quantitative estimate of drug-likeness (QED) is 0.572. The van der Waals surface area contributed by atoms with E-state index in [1.807, 2.05) is 0 Å².